The van der Waals surface area contributed by atoms with E-state index >= 15 is 0 Å². The van der Waals surface area contributed by atoms with Crippen LogP contribution >= 0.6 is 0 Å². The van der Waals surface area contributed by atoms with Gasteiger partial charge in [0.25, 0.3) is 0 Å². The molecule has 0 saturated carbocycles. The Hall–Kier alpha value is -0.534. The van der Waals surface area contributed by atoms with Gasteiger partial charge in [-0.2, -0.15) is 0 Å². The number of carboxylic acids is 1. The van der Waals surface area contributed by atoms with E-state index in [4.69, 9.17) is 0 Å². The van der Waals surface area contributed by atoms with Crippen molar-refractivity contribution in [3.05, 3.63) is 35.9 Å². The maximum Gasteiger partial charge on any atom is 1.00 e. The van der Waals surface area contributed by atoms with Crippen molar-refractivity contribution in [2.75, 3.05) is 14.1 Å². The van der Waals surface area contributed by atoms with Crippen molar-refractivity contribution in [1.29, 1.82) is 0 Å². The SMILES string of the molecule is CN(C)N=Nc1ccc(/C=C/C(=O)[O-])cc1.[K+]. The first-order valence-corrected chi connectivity index (χ1v) is 4.66. The second-order valence-electron chi connectivity index (χ2n) is 3.28. The number of rotatable bonds is 4. The summed E-state index contributed by atoms with van der Waals surface area (Å²) in [4.78, 5) is 10.2. The van der Waals surface area contributed by atoms with Crippen molar-refractivity contribution in [2.24, 2.45) is 10.3 Å². The second-order valence-corrected chi connectivity index (χ2v) is 3.28. The van der Waals surface area contributed by atoms with E-state index in [2.05, 4.69) is 10.3 Å². The molecule has 0 aliphatic rings. The maximum atomic E-state index is 10.2. The van der Waals surface area contributed by atoms with Crippen molar-refractivity contribution in [3.8, 4) is 0 Å². The molecule has 0 N–H and O–H groups in total. The van der Waals surface area contributed by atoms with Crippen LogP contribution in [0, 0.1) is 0 Å². The Morgan fingerprint density at radius 1 is 1.29 bits per heavy atom. The van der Waals surface area contributed by atoms with Crippen LogP contribution in [0.25, 0.3) is 6.08 Å². The van der Waals surface area contributed by atoms with Crippen molar-refractivity contribution in [2.45, 2.75) is 0 Å². The molecule has 1 aromatic rings. The molecule has 0 aliphatic heterocycles. The third-order valence-electron chi connectivity index (χ3n) is 1.64. The summed E-state index contributed by atoms with van der Waals surface area (Å²) in [6.07, 6.45) is 2.44. The van der Waals surface area contributed by atoms with Crippen LogP contribution in [-0.2, 0) is 4.79 Å². The Kier molecular flexibility index (Phi) is 8.27. The van der Waals surface area contributed by atoms with E-state index in [0.29, 0.717) is 5.69 Å². The molecular weight excluding hydrogens is 245 g/mol. The third-order valence-corrected chi connectivity index (χ3v) is 1.64. The fraction of sp³-hybridized carbons (Fsp3) is 0.182. The summed E-state index contributed by atoms with van der Waals surface area (Å²) in [6, 6.07) is 7.01. The molecule has 0 bridgehead atoms. The molecule has 0 aromatic heterocycles. The first kappa shape index (κ1) is 16.5. The summed E-state index contributed by atoms with van der Waals surface area (Å²) in [6.45, 7) is 0. The Bertz CT molecular complexity index is 413. The molecule has 5 nitrogen and oxygen atoms in total. The fourth-order valence-electron chi connectivity index (χ4n) is 0.957. The fourth-order valence-corrected chi connectivity index (χ4v) is 0.957. The van der Waals surface area contributed by atoms with Gasteiger partial charge in [0.1, 0.15) is 0 Å². The molecule has 0 radical (unpaired) electrons. The Morgan fingerprint density at radius 2 is 1.88 bits per heavy atom. The summed E-state index contributed by atoms with van der Waals surface area (Å²) in [5, 5.41) is 19.5. The summed E-state index contributed by atoms with van der Waals surface area (Å²) in [5.41, 5.74) is 1.48. The van der Waals surface area contributed by atoms with Crippen LogP contribution < -0.4 is 56.5 Å². The van der Waals surface area contributed by atoms with Gasteiger partial charge in [0, 0.05) is 14.1 Å². The zero-order chi connectivity index (χ0) is 12.0. The summed E-state index contributed by atoms with van der Waals surface area (Å²) < 4.78 is 0. The average molecular weight is 257 g/mol. The van der Waals surface area contributed by atoms with Crippen LogP contribution in [-0.4, -0.2) is 25.1 Å². The molecule has 6 heteroatoms. The van der Waals surface area contributed by atoms with E-state index < -0.39 is 5.97 Å². The van der Waals surface area contributed by atoms with E-state index in [1.807, 2.05) is 0 Å². The van der Waals surface area contributed by atoms with Gasteiger partial charge in [-0.1, -0.05) is 23.4 Å². The van der Waals surface area contributed by atoms with Gasteiger partial charge < -0.3 is 9.90 Å². The molecule has 0 amide bonds. The van der Waals surface area contributed by atoms with E-state index in [0.717, 1.165) is 11.6 Å². The topological polar surface area (TPSA) is 68.1 Å². The normalized spacial score (nSPS) is 10.5. The van der Waals surface area contributed by atoms with Crippen molar-refractivity contribution in [3.63, 3.8) is 0 Å². The van der Waals surface area contributed by atoms with Gasteiger partial charge >= 0.3 is 51.4 Å². The zero-order valence-corrected chi connectivity index (χ0v) is 13.2. The number of hydrogen-bond donors (Lipinski definition) is 0. The monoisotopic (exact) mass is 257 g/mol. The second kappa shape index (κ2) is 8.54. The van der Waals surface area contributed by atoms with Crippen molar-refractivity contribution < 1.29 is 61.3 Å². The van der Waals surface area contributed by atoms with E-state index in [1.54, 1.807) is 43.4 Å². The summed E-state index contributed by atoms with van der Waals surface area (Å²) in [7, 11) is 3.56. The quantitative estimate of drug-likeness (QED) is 0.271. The van der Waals surface area contributed by atoms with Crippen LogP contribution in [0.1, 0.15) is 5.56 Å². The molecule has 0 spiro atoms. The Labute approximate surface area is 143 Å². The van der Waals surface area contributed by atoms with Crippen molar-refractivity contribution >= 4 is 17.7 Å². The van der Waals surface area contributed by atoms with Gasteiger partial charge in [0.15, 0.2) is 0 Å². The largest absolute Gasteiger partial charge is 1.00 e. The molecule has 84 valence electrons. The molecule has 0 fully saturated rings. The summed E-state index contributed by atoms with van der Waals surface area (Å²) in [5.74, 6) is -1.21. The number of hydrogen-bond acceptors (Lipinski definition) is 4. The van der Waals surface area contributed by atoms with Gasteiger partial charge in [0.2, 0.25) is 0 Å². The predicted molar refractivity (Wildman–Crippen MR) is 58.7 cm³/mol. The minimum atomic E-state index is -1.21. The summed E-state index contributed by atoms with van der Waals surface area (Å²) >= 11 is 0. The van der Waals surface area contributed by atoms with Gasteiger partial charge in [-0.05, 0) is 23.8 Å². The number of carbonyl (C=O) groups is 1. The molecule has 1 rings (SSSR count). The van der Waals surface area contributed by atoms with E-state index in [9.17, 15) is 9.90 Å². The van der Waals surface area contributed by atoms with Crippen LogP contribution in [0.3, 0.4) is 0 Å². The smallest absolute Gasteiger partial charge is 0.545 e. The van der Waals surface area contributed by atoms with Gasteiger partial charge in [-0.3, -0.25) is 5.01 Å². The number of nitrogens with zero attached hydrogens (tertiary/aromatic N) is 3. The number of aliphatic carboxylic acids is 1. The standard InChI is InChI=1S/C11H13N3O2.K/c1-14(2)13-12-10-6-3-9(4-7-10)5-8-11(15)16;/h3-8H,1-2H3,(H,15,16);/q;+1/p-1/b8-5+,13-12?;. The van der Waals surface area contributed by atoms with Crippen LogP contribution in [0.2, 0.25) is 0 Å². The van der Waals surface area contributed by atoms with Gasteiger partial charge in [-0.25, -0.2) is 0 Å². The van der Waals surface area contributed by atoms with E-state index in [-0.39, 0.29) is 51.4 Å². The minimum Gasteiger partial charge on any atom is -0.545 e. The molecule has 0 atom stereocenters. The molecular formula is C11H12KN3O2. The van der Waals surface area contributed by atoms with Crippen molar-refractivity contribution in [1.82, 2.24) is 5.01 Å². The first-order chi connectivity index (χ1) is 7.58. The Morgan fingerprint density at radius 3 is 2.35 bits per heavy atom. The number of benzene rings is 1. The zero-order valence-electron chi connectivity index (χ0n) is 10.1. The molecule has 0 heterocycles. The van der Waals surface area contributed by atoms with Gasteiger partial charge in [-0.15, -0.1) is 5.11 Å². The van der Waals surface area contributed by atoms with Crippen LogP contribution in [0.5, 0.6) is 0 Å². The maximum absolute atomic E-state index is 10.2. The number of carboxylic acid groups (broad SMARTS) is 1. The van der Waals surface area contributed by atoms with Crippen LogP contribution in [0.4, 0.5) is 5.69 Å². The molecule has 0 saturated heterocycles. The van der Waals surface area contributed by atoms with E-state index in [1.165, 1.54) is 6.08 Å². The van der Waals surface area contributed by atoms with Gasteiger partial charge in [0.05, 0.1) is 11.7 Å². The average Bonchev–Trinajstić information content (AvgIpc) is 2.25. The predicted octanol–water partition coefficient (Wildman–Crippen LogP) is -1.99. The first-order valence-electron chi connectivity index (χ1n) is 4.66. The molecule has 0 unspecified atom stereocenters. The third kappa shape index (κ3) is 7.40. The molecule has 1 aromatic carbocycles. The number of carbonyl (C=O) groups excluding carboxylic acids is 1. The molecule has 17 heavy (non-hydrogen) atoms. The Balaban J connectivity index is 0.00000256. The van der Waals surface area contributed by atoms with Crippen LogP contribution in [0.15, 0.2) is 40.7 Å². The minimum absolute atomic E-state index is 0. The molecule has 0 aliphatic carbocycles.